The van der Waals surface area contributed by atoms with E-state index in [1.807, 2.05) is 96.1 Å². The van der Waals surface area contributed by atoms with E-state index in [0.29, 0.717) is 12.4 Å². The molecule has 156 valence electrons. The van der Waals surface area contributed by atoms with Crippen LogP contribution in [0.3, 0.4) is 0 Å². The minimum Gasteiger partial charge on any atom is -0.489 e. The zero-order chi connectivity index (χ0) is 21.7. The van der Waals surface area contributed by atoms with Gasteiger partial charge < -0.3 is 15.4 Å². The monoisotopic (exact) mass is 396 g/mol. The van der Waals surface area contributed by atoms with Gasteiger partial charge in [0.15, 0.2) is 0 Å². The van der Waals surface area contributed by atoms with Gasteiger partial charge in [-0.3, -0.25) is 9.59 Å². The smallest absolute Gasteiger partial charge is 0.227 e. The molecule has 0 fully saturated rings. The third-order valence-corrected chi connectivity index (χ3v) is 4.35. The van der Waals surface area contributed by atoms with Gasteiger partial charge in [-0.1, -0.05) is 84.0 Å². The quantitative estimate of drug-likeness (QED) is 0.702. The van der Waals surface area contributed by atoms with Gasteiger partial charge in [-0.15, -0.1) is 0 Å². The van der Waals surface area contributed by atoms with Crippen LogP contribution < -0.4 is 15.4 Å². The van der Waals surface area contributed by atoms with Gasteiger partial charge >= 0.3 is 0 Å². The first-order chi connectivity index (χ1) is 13.5. The number of amides is 2. The van der Waals surface area contributed by atoms with Crippen molar-refractivity contribution in [3.8, 4) is 5.75 Å². The fraction of sp³-hybridized carbons (Fsp3) is 0.417. The molecule has 0 saturated carbocycles. The Morgan fingerprint density at radius 3 is 1.90 bits per heavy atom. The Morgan fingerprint density at radius 2 is 1.38 bits per heavy atom. The second-order valence-electron chi connectivity index (χ2n) is 9.23. The molecule has 0 heterocycles. The van der Waals surface area contributed by atoms with Gasteiger partial charge in [-0.2, -0.15) is 0 Å². The van der Waals surface area contributed by atoms with E-state index in [0.717, 1.165) is 11.1 Å². The van der Waals surface area contributed by atoms with E-state index < -0.39 is 17.0 Å². The van der Waals surface area contributed by atoms with Crippen LogP contribution in [0.1, 0.15) is 58.8 Å². The second kappa shape index (κ2) is 9.12. The van der Waals surface area contributed by atoms with E-state index in [-0.39, 0.29) is 11.8 Å². The van der Waals surface area contributed by atoms with Gasteiger partial charge in [-0.25, -0.2) is 0 Å². The Bertz CT molecular complexity index is 805. The molecular weight excluding hydrogens is 364 g/mol. The summed E-state index contributed by atoms with van der Waals surface area (Å²) in [5.41, 5.74) is 0.667. The maximum atomic E-state index is 12.6. The maximum absolute atomic E-state index is 12.6. The molecule has 0 atom stereocenters. The summed E-state index contributed by atoms with van der Waals surface area (Å²) < 4.78 is 5.90. The lowest BCUT2D eigenvalue weighted by molar-refractivity contribution is -0.132. The molecular formula is C24H32N2O3. The highest BCUT2D eigenvalue weighted by molar-refractivity contribution is 5.84. The van der Waals surface area contributed by atoms with Crippen LogP contribution in [0, 0.1) is 10.8 Å². The van der Waals surface area contributed by atoms with E-state index in [1.165, 1.54) is 0 Å². The molecule has 0 radical (unpaired) electrons. The number of hydrogen-bond acceptors (Lipinski definition) is 3. The number of carbonyl (C=O) groups is 2. The predicted octanol–water partition coefficient (Wildman–Crippen LogP) is 4.59. The van der Waals surface area contributed by atoms with E-state index in [4.69, 9.17) is 4.74 Å². The molecule has 0 aromatic heterocycles. The lowest BCUT2D eigenvalue weighted by Crippen LogP contribution is -2.47. The number of ether oxygens (including phenoxy) is 1. The van der Waals surface area contributed by atoms with Gasteiger partial charge in [0.2, 0.25) is 11.8 Å². The van der Waals surface area contributed by atoms with E-state index in [1.54, 1.807) is 0 Å². The summed E-state index contributed by atoms with van der Waals surface area (Å²) in [5, 5.41) is 5.90. The van der Waals surface area contributed by atoms with Crippen LogP contribution in [0.25, 0.3) is 0 Å². The van der Waals surface area contributed by atoms with Crippen molar-refractivity contribution in [3.05, 3.63) is 65.7 Å². The summed E-state index contributed by atoms with van der Waals surface area (Å²) in [6.07, 6.45) is -0.645. The average Bonchev–Trinajstić information content (AvgIpc) is 2.65. The summed E-state index contributed by atoms with van der Waals surface area (Å²) in [5.74, 6) is 0.381. The first kappa shape index (κ1) is 22.5. The molecule has 2 amide bonds. The number of nitrogens with one attached hydrogen (secondary N) is 2. The summed E-state index contributed by atoms with van der Waals surface area (Å²) in [6.45, 7) is 11.5. The molecule has 2 aromatic carbocycles. The summed E-state index contributed by atoms with van der Waals surface area (Å²) in [6, 6.07) is 17.3. The number of hydrogen-bond donors (Lipinski definition) is 2. The number of rotatable bonds is 6. The Morgan fingerprint density at radius 1 is 0.828 bits per heavy atom. The Labute approximate surface area is 173 Å². The molecule has 29 heavy (non-hydrogen) atoms. The highest BCUT2D eigenvalue weighted by Crippen LogP contribution is 2.23. The van der Waals surface area contributed by atoms with Crippen molar-refractivity contribution in [1.82, 2.24) is 10.6 Å². The zero-order valence-electron chi connectivity index (χ0n) is 18.2. The van der Waals surface area contributed by atoms with Crippen molar-refractivity contribution in [2.45, 2.75) is 54.3 Å². The summed E-state index contributed by atoms with van der Waals surface area (Å²) in [4.78, 5) is 25.2. The Kier molecular flexibility index (Phi) is 7.07. The lowest BCUT2D eigenvalue weighted by Gasteiger charge is -2.28. The van der Waals surface area contributed by atoms with Crippen molar-refractivity contribution in [1.29, 1.82) is 0 Å². The van der Waals surface area contributed by atoms with Crippen molar-refractivity contribution in [3.63, 3.8) is 0 Å². The molecule has 0 saturated heterocycles. The average molecular weight is 397 g/mol. The summed E-state index contributed by atoms with van der Waals surface area (Å²) in [7, 11) is 0. The highest BCUT2D eigenvalue weighted by atomic mass is 16.5. The topological polar surface area (TPSA) is 67.4 Å². The summed E-state index contributed by atoms with van der Waals surface area (Å²) >= 11 is 0. The van der Waals surface area contributed by atoms with Crippen LogP contribution in [0.2, 0.25) is 0 Å². The van der Waals surface area contributed by atoms with Gasteiger partial charge in [0.1, 0.15) is 18.5 Å². The van der Waals surface area contributed by atoms with Crippen molar-refractivity contribution < 1.29 is 14.3 Å². The van der Waals surface area contributed by atoms with Crippen molar-refractivity contribution in [2.24, 2.45) is 10.8 Å². The minimum atomic E-state index is -0.645. The molecule has 0 aliphatic heterocycles. The van der Waals surface area contributed by atoms with E-state index in [9.17, 15) is 9.59 Å². The van der Waals surface area contributed by atoms with Gasteiger partial charge in [-0.05, 0) is 23.3 Å². The molecule has 0 spiro atoms. The molecule has 2 rings (SSSR count). The normalized spacial score (nSPS) is 11.8. The van der Waals surface area contributed by atoms with Crippen LogP contribution in [0.15, 0.2) is 54.6 Å². The Hall–Kier alpha value is -2.82. The number of carbonyl (C=O) groups excluding carboxylic acids is 2. The minimum absolute atomic E-state index is 0.146. The standard InChI is InChI=1S/C24H32N2O3/c1-23(2,3)21(27)25-20(26-22(28)24(4,5)6)18-13-10-14-19(15-18)29-16-17-11-8-7-9-12-17/h7-15,20H,16H2,1-6H3,(H,25,27)(H,26,28). The van der Waals surface area contributed by atoms with Crippen LogP contribution in [0.5, 0.6) is 5.75 Å². The van der Waals surface area contributed by atoms with Gasteiger partial charge in [0, 0.05) is 10.8 Å². The SMILES string of the molecule is CC(C)(C)C(=O)NC(NC(=O)C(C)(C)C)c1cccc(OCc2ccccc2)c1. The molecule has 5 nitrogen and oxygen atoms in total. The fourth-order valence-electron chi connectivity index (χ4n) is 2.42. The molecule has 5 heteroatoms. The molecule has 0 aliphatic rings. The first-order valence-corrected chi connectivity index (χ1v) is 9.85. The molecule has 0 aliphatic carbocycles. The first-order valence-electron chi connectivity index (χ1n) is 9.85. The van der Waals surface area contributed by atoms with Crippen molar-refractivity contribution in [2.75, 3.05) is 0 Å². The highest BCUT2D eigenvalue weighted by Gasteiger charge is 2.29. The molecule has 2 N–H and O–H groups in total. The lowest BCUT2D eigenvalue weighted by atomic mass is 9.94. The maximum Gasteiger partial charge on any atom is 0.227 e. The van der Waals surface area contributed by atoms with Crippen LogP contribution >= 0.6 is 0 Å². The zero-order valence-corrected chi connectivity index (χ0v) is 18.2. The third-order valence-electron chi connectivity index (χ3n) is 4.35. The van der Waals surface area contributed by atoms with E-state index in [2.05, 4.69) is 10.6 Å². The van der Waals surface area contributed by atoms with Crippen LogP contribution in [-0.2, 0) is 16.2 Å². The van der Waals surface area contributed by atoms with Gasteiger partial charge in [0.25, 0.3) is 0 Å². The molecule has 0 unspecified atom stereocenters. The molecule has 0 bridgehead atoms. The number of benzene rings is 2. The van der Waals surface area contributed by atoms with Crippen LogP contribution in [0.4, 0.5) is 0 Å². The van der Waals surface area contributed by atoms with Gasteiger partial charge in [0.05, 0.1) is 0 Å². The third kappa shape index (κ3) is 6.93. The van der Waals surface area contributed by atoms with Crippen LogP contribution in [-0.4, -0.2) is 11.8 Å². The van der Waals surface area contributed by atoms with Crippen molar-refractivity contribution >= 4 is 11.8 Å². The fourth-order valence-corrected chi connectivity index (χ4v) is 2.42. The largest absolute Gasteiger partial charge is 0.489 e. The van der Waals surface area contributed by atoms with E-state index >= 15 is 0 Å². The Balaban J connectivity index is 2.22. The second-order valence-corrected chi connectivity index (χ2v) is 9.23. The molecule has 2 aromatic rings. The predicted molar refractivity (Wildman–Crippen MR) is 115 cm³/mol.